The molecule has 0 aliphatic carbocycles. The van der Waals surface area contributed by atoms with E-state index in [1.54, 1.807) is 6.07 Å². The van der Waals surface area contributed by atoms with Crippen molar-refractivity contribution in [3.05, 3.63) is 28.5 Å². The van der Waals surface area contributed by atoms with Gasteiger partial charge in [0, 0.05) is 17.6 Å². The summed E-state index contributed by atoms with van der Waals surface area (Å²) in [5.74, 6) is -0.721. The minimum absolute atomic E-state index is 0.0616. The lowest BCUT2D eigenvalue weighted by Crippen LogP contribution is -2.30. The van der Waals surface area contributed by atoms with E-state index in [-0.39, 0.29) is 24.4 Å². The molecule has 6 heteroatoms. The van der Waals surface area contributed by atoms with Crippen LogP contribution in [0.2, 0.25) is 0 Å². The van der Waals surface area contributed by atoms with Crippen LogP contribution in [0.3, 0.4) is 0 Å². The van der Waals surface area contributed by atoms with E-state index in [2.05, 4.69) is 21.2 Å². The van der Waals surface area contributed by atoms with E-state index < -0.39 is 5.82 Å². The first-order valence-corrected chi connectivity index (χ1v) is 7.24. The van der Waals surface area contributed by atoms with Crippen molar-refractivity contribution >= 4 is 21.8 Å². The highest BCUT2D eigenvalue weighted by molar-refractivity contribution is 9.10. The summed E-state index contributed by atoms with van der Waals surface area (Å²) >= 11 is 3.15. The maximum Gasteiger partial charge on any atom is 0.257 e. The van der Waals surface area contributed by atoms with Crippen LogP contribution in [0.5, 0.6) is 5.75 Å². The zero-order valence-electron chi connectivity index (χ0n) is 11.6. The first-order valence-electron chi connectivity index (χ1n) is 6.45. The van der Waals surface area contributed by atoms with Crippen LogP contribution in [0.4, 0.5) is 4.39 Å². The molecule has 0 saturated heterocycles. The minimum atomic E-state index is -0.502. The Hall–Kier alpha value is -1.14. The topological polar surface area (TPSA) is 47.6 Å². The van der Waals surface area contributed by atoms with Crippen molar-refractivity contribution in [2.45, 2.75) is 26.4 Å². The molecule has 0 unspecified atom stereocenters. The van der Waals surface area contributed by atoms with Crippen molar-refractivity contribution in [1.29, 1.82) is 0 Å². The van der Waals surface area contributed by atoms with Crippen LogP contribution in [0.15, 0.2) is 22.7 Å². The monoisotopic (exact) mass is 347 g/mol. The standard InChI is InChI=1S/C14H19BrFNO3/c1-10(2)19-7-3-6-17-14(18)9-20-13-5-4-11(15)8-12(13)16/h4-5,8,10H,3,6-7,9H2,1-2H3,(H,17,18). The molecule has 1 aromatic carbocycles. The van der Waals surface area contributed by atoms with Crippen molar-refractivity contribution < 1.29 is 18.7 Å². The number of benzene rings is 1. The first kappa shape index (κ1) is 16.9. The van der Waals surface area contributed by atoms with Crippen molar-refractivity contribution in [3.63, 3.8) is 0 Å². The Balaban J connectivity index is 2.19. The van der Waals surface area contributed by atoms with Gasteiger partial charge >= 0.3 is 0 Å². The Morgan fingerprint density at radius 3 is 2.85 bits per heavy atom. The van der Waals surface area contributed by atoms with E-state index in [0.717, 1.165) is 6.42 Å². The van der Waals surface area contributed by atoms with Crippen LogP contribution < -0.4 is 10.1 Å². The predicted octanol–water partition coefficient (Wildman–Crippen LogP) is 2.90. The lowest BCUT2D eigenvalue weighted by atomic mass is 10.3. The lowest BCUT2D eigenvalue weighted by Gasteiger charge is -2.09. The number of nitrogens with one attached hydrogen (secondary N) is 1. The number of halogens is 2. The van der Waals surface area contributed by atoms with Gasteiger partial charge in [-0.3, -0.25) is 4.79 Å². The maximum atomic E-state index is 13.4. The summed E-state index contributed by atoms with van der Waals surface area (Å²) in [6.07, 6.45) is 0.922. The van der Waals surface area contributed by atoms with Crippen LogP contribution in [0, 0.1) is 5.82 Å². The van der Waals surface area contributed by atoms with Gasteiger partial charge in [0.2, 0.25) is 0 Å². The molecular weight excluding hydrogens is 329 g/mol. The molecule has 0 aromatic heterocycles. The van der Waals surface area contributed by atoms with Crippen LogP contribution in [-0.4, -0.2) is 31.8 Å². The quantitative estimate of drug-likeness (QED) is 0.735. The van der Waals surface area contributed by atoms with Gasteiger partial charge in [-0.05, 0) is 38.5 Å². The molecule has 20 heavy (non-hydrogen) atoms. The molecule has 112 valence electrons. The summed E-state index contributed by atoms with van der Waals surface area (Å²) in [6.45, 7) is 4.82. The van der Waals surface area contributed by atoms with Gasteiger partial charge in [-0.15, -0.1) is 0 Å². The molecule has 0 atom stereocenters. The van der Waals surface area contributed by atoms with E-state index in [1.165, 1.54) is 12.1 Å². The third kappa shape index (κ3) is 6.86. The molecule has 1 amide bonds. The molecule has 0 spiro atoms. The van der Waals surface area contributed by atoms with Crippen molar-refractivity contribution in [3.8, 4) is 5.75 Å². The van der Waals surface area contributed by atoms with Crippen LogP contribution in [0.1, 0.15) is 20.3 Å². The number of hydrogen-bond acceptors (Lipinski definition) is 3. The summed E-state index contributed by atoms with van der Waals surface area (Å²) in [5, 5.41) is 2.68. The second kappa shape index (κ2) is 8.92. The highest BCUT2D eigenvalue weighted by Gasteiger charge is 2.07. The van der Waals surface area contributed by atoms with Gasteiger partial charge in [-0.1, -0.05) is 15.9 Å². The smallest absolute Gasteiger partial charge is 0.257 e. The lowest BCUT2D eigenvalue weighted by molar-refractivity contribution is -0.123. The second-order valence-corrected chi connectivity index (χ2v) is 5.40. The molecule has 4 nitrogen and oxygen atoms in total. The van der Waals surface area contributed by atoms with E-state index >= 15 is 0 Å². The molecule has 0 aliphatic rings. The minimum Gasteiger partial charge on any atom is -0.481 e. The van der Waals surface area contributed by atoms with Gasteiger partial charge in [0.25, 0.3) is 5.91 Å². The van der Waals surface area contributed by atoms with Crippen LogP contribution in [0.25, 0.3) is 0 Å². The average Bonchev–Trinajstić information content (AvgIpc) is 2.37. The molecule has 0 fully saturated rings. The second-order valence-electron chi connectivity index (χ2n) is 4.49. The van der Waals surface area contributed by atoms with Gasteiger partial charge in [0.15, 0.2) is 18.2 Å². The highest BCUT2D eigenvalue weighted by Crippen LogP contribution is 2.21. The fourth-order valence-corrected chi connectivity index (χ4v) is 1.74. The molecule has 0 heterocycles. The zero-order chi connectivity index (χ0) is 15.0. The van der Waals surface area contributed by atoms with E-state index in [0.29, 0.717) is 17.6 Å². The first-order chi connectivity index (χ1) is 9.49. The number of carbonyl (C=O) groups excluding carboxylic acids is 1. The fourth-order valence-electron chi connectivity index (χ4n) is 1.41. The van der Waals surface area contributed by atoms with E-state index in [4.69, 9.17) is 9.47 Å². The molecular formula is C14H19BrFNO3. The molecule has 0 aliphatic heterocycles. The van der Waals surface area contributed by atoms with Gasteiger partial charge in [-0.2, -0.15) is 0 Å². The summed E-state index contributed by atoms with van der Waals surface area (Å²) in [4.78, 5) is 11.5. The fraction of sp³-hybridized carbons (Fsp3) is 0.500. The number of ether oxygens (including phenoxy) is 2. The Morgan fingerprint density at radius 1 is 1.45 bits per heavy atom. The number of rotatable bonds is 8. The normalized spacial score (nSPS) is 10.7. The van der Waals surface area contributed by atoms with Crippen LogP contribution in [-0.2, 0) is 9.53 Å². The zero-order valence-corrected chi connectivity index (χ0v) is 13.2. The largest absolute Gasteiger partial charge is 0.481 e. The van der Waals surface area contributed by atoms with Gasteiger partial charge in [0.1, 0.15) is 0 Å². The Kier molecular flexibility index (Phi) is 7.54. The third-order valence-corrected chi connectivity index (χ3v) is 2.84. The number of amides is 1. The van der Waals surface area contributed by atoms with Crippen LogP contribution >= 0.6 is 15.9 Å². The van der Waals surface area contributed by atoms with Crippen molar-refractivity contribution in [1.82, 2.24) is 5.32 Å². The molecule has 1 rings (SSSR count). The molecule has 0 radical (unpaired) electrons. The third-order valence-electron chi connectivity index (χ3n) is 2.35. The van der Waals surface area contributed by atoms with E-state index in [1.807, 2.05) is 13.8 Å². The molecule has 1 aromatic rings. The van der Waals surface area contributed by atoms with Gasteiger partial charge in [-0.25, -0.2) is 4.39 Å². The summed E-state index contributed by atoms with van der Waals surface area (Å²) in [5.41, 5.74) is 0. The maximum absolute atomic E-state index is 13.4. The van der Waals surface area contributed by atoms with E-state index in [9.17, 15) is 9.18 Å². The molecule has 0 saturated carbocycles. The number of hydrogen-bond donors (Lipinski definition) is 1. The van der Waals surface area contributed by atoms with Crippen molar-refractivity contribution in [2.24, 2.45) is 0 Å². The summed E-state index contributed by atoms with van der Waals surface area (Å²) < 4.78 is 24.5. The molecule has 0 bridgehead atoms. The summed E-state index contributed by atoms with van der Waals surface area (Å²) in [7, 11) is 0. The Labute approximate surface area is 126 Å². The van der Waals surface area contributed by atoms with Crippen molar-refractivity contribution in [2.75, 3.05) is 19.8 Å². The summed E-state index contributed by atoms with van der Waals surface area (Å²) in [6, 6.07) is 4.42. The Bertz CT molecular complexity index is 440. The van der Waals surface area contributed by atoms with Gasteiger partial charge < -0.3 is 14.8 Å². The number of carbonyl (C=O) groups is 1. The SMILES string of the molecule is CC(C)OCCCNC(=O)COc1ccc(Br)cc1F. The Morgan fingerprint density at radius 2 is 2.20 bits per heavy atom. The molecule has 1 N–H and O–H groups in total. The predicted molar refractivity (Wildman–Crippen MR) is 78.3 cm³/mol. The highest BCUT2D eigenvalue weighted by atomic mass is 79.9. The average molecular weight is 348 g/mol. The van der Waals surface area contributed by atoms with Gasteiger partial charge in [0.05, 0.1) is 6.10 Å².